The van der Waals surface area contributed by atoms with Crippen molar-refractivity contribution in [2.75, 3.05) is 44.8 Å². The third kappa shape index (κ3) is 2.45. The highest BCUT2D eigenvalue weighted by Crippen LogP contribution is 2.29. The zero-order valence-corrected chi connectivity index (χ0v) is 11.7. The van der Waals surface area contributed by atoms with Crippen molar-refractivity contribution in [3.05, 3.63) is 24.3 Å². The van der Waals surface area contributed by atoms with Gasteiger partial charge >= 0.3 is 5.97 Å². The van der Waals surface area contributed by atoms with E-state index in [0.29, 0.717) is 6.61 Å². The molecule has 0 spiro atoms. The molecular weight excluding hydrogens is 256 g/mol. The largest absolute Gasteiger partial charge is 0.495 e. The number of nitrogens with zero attached hydrogens (tertiary/aromatic N) is 2. The number of carbonyl (C=O) groups is 1. The van der Waals surface area contributed by atoms with Crippen LogP contribution in [0.5, 0.6) is 5.75 Å². The van der Waals surface area contributed by atoms with Gasteiger partial charge in [0.2, 0.25) is 0 Å². The SMILES string of the molecule is COc1ccccc1N1CCN([C@@H]2CCOC2=O)CC1. The molecule has 1 aromatic carbocycles. The molecule has 2 aliphatic heterocycles. The Morgan fingerprint density at radius 2 is 1.95 bits per heavy atom. The summed E-state index contributed by atoms with van der Waals surface area (Å²) in [5.41, 5.74) is 1.13. The molecule has 0 saturated carbocycles. The van der Waals surface area contributed by atoms with E-state index in [1.165, 1.54) is 0 Å². The summed E-state index contributed by atoms with van der Waals surface area (Å²) in [5, 5.41) is 0. The molecule has 108 valence electrons. The van der Waals surface area contributed by atoms with Crippen molar-refractivity contribution < 1.29 is 14.3 Å². The highest BCUT2D eigenvalue weighted by molar-refractivity contribution is 5.77. The number of carbonyl (C=O) groups excluding carboxylic acids is 1. The molecule has 20 heavy (non-hydrogen) atoms. The lowest BCUT2D eigenvalue weighted by Crippen LogP contribution is -2.51. The summed E-state index contributed by atoms with van der Waals surface area (Å²) in [4.78, 5) is 16.2. The smallest absolute Gasteiger partial charge is 0.323 e. The normalized spacial score (nSPS) is 23.8. The average molecular weight is 276 g/mol. The average Bonchev–Trinajstić information content (AvgIpc) is 2.93. The molecule has 0 N–H and O–H groups in total. The van der Waals surface area contributed by atoms with Crippen LogP contribution in [-0.4, -0.2) is 56.8 Å². The fraction of sp³-hybridized carbons (Fsp3) is 0.533. The summed E-state index contributed by atoms with van der Waals surface area (Å²) in [5.74, 6) is 0.844. The Labute approximate surface area is 119 Å². The van der Waals surface area contributed by atoms with Crippen molar-refractivity contribution >= 4 is 11.7 Å². The molecule has 0 radical (unpaired) electrons. The quantitative estimate of drug-likeness (QED) is 0.774. The Balaban J connectivity index is 1.65. The fourth-order valence-corrected chi connectivity index (χ4v) is 2.98. The van der Waals surface area contributed by atoms with Gasteiger partial charge in [-0.25, -0.2) is 0 Å². The first kappa shape index (κ1) is 13.2. The summed E-state index contributed by atoms with van der Waals surface area (Å²) in [6, 6.07) is 8.04. The van der Waals surface area contributed by atoms with Crippen LogP contribution in [0.25, 0.3) is 0 Å². The van der Waals surface area contributed by atoms with E-state index in [1.807, 2.05) is 18.2 Å². The number of para-hydroxylation sites is 2. The van der Waals surface area contributed by atoms with Gasteiger partial charge in [0.15, 0.2) is 0 Å². The maximum Gasteiger partial charge on any atom is 0.323 e. The molecule has 5 heteroatoms. The van der Waals surface area contributed by atoms with Gasteiger partial charge in [-0.3, -0.25) is 9.69 Å². The monoisotopic (exact) mass is 276 g/mol. The van der Waals surface area contributed by atoms with E-state index in [0.717, 1.165) is 44.0 Å². The van der Waals surface area contributed by atoms with Crippen LogP contribution in [-0.2, 0) is 9.53 Å². The van der Waals surface area contributed by atoms with Gasteiger partial charge in [0, 0.05) is 32.6 Å². The molecule has 0 unspecified atom stereocenters. The molecule has 0 bridgehead atoms. The first-order chi connectivity index (χ1) is 9.79. The van der Waals surface area contributed by atoms with Crippen LogP contribution in [0.4, 0.5) is 5.69 Å². The van der Waals surface area contributed by atoms with Crippen molar-refractivity contribution in [3.8, 4) is 5.75 Å². The third-order valence-corrected chi connectivity index (χ3v) is 4.09. The minimum atomic E-state index is -0.0595. The number of hydrogen-bond donors (Lipinski definition) is 0. The zero-order valence-electron chi connectivity index (χ0n) is 11.7. The predicted molar refractivity (Wildman–Crippen MR) is 76.1 cm³/mol. The molecule has 2 aliphatic rings. The second kappa shape index (κ2) is 5.71. The molecule has 2 heterocycles. The van der Waals surface area contributed by atoms with E-state index >= 15 is 0 Å². The summed E-state index contributed by atoms with van der Waals surface area (Å²) >= 11 is 0. The molecule has 0 amide bonds. The third-order valence-electron chi connectivity index (χ3n) is 4.09. The lowest BCUT2D eigenvalue weighted by molar-refractivity contribution is -0.142. The molecule has 1 atom stereocenters. The summed E-state index contributed by atoms with van der Waals surface area (Å²) in [7, 11) is 1.70. The number of hydrogen-bond acceptors (Lipinski definition) is 5. The highest BCUT2D eigenvalue weighted by atomic mass is 16.5. The van der Waals surface area contributed by atoms with Crippen molar-refractivity contribution in [2.45, 2.75) is 12.5 Å². The van der Waals surface area contributed by atoms with Crippen LogP contribution < -0.4 is 9.64 Å². The van der Waals surface area contributed by atoms with Gasteiger partial charge in [0.05, 0.1) is 19.4 Å². The topological polar surface area (TPSA) is 42.0 Å². The lowest BCUT2D eigenvalue weighted by atomic mass is 10.1. The first-order valence-electron chi connectivity index (χ1n) is 7.08. The van der Waals surface area contributed by atoms with Crippen molar-refractivity contribution in [1.29, 1.82) is 0 Å². The Morgan fingerprint density at radius 3 is 2.60 bits per heavy atom. The van der Waals surface area contributed by atoms with Gasteiger partial charge in [-0.1, -0.05) is 12.1 Å². The summed E-state index contributed by atoms with van der Waals surface area (Å²) in [6.45, 7) is 4.15. The highest BCUT2D eigenvalue weighted by Gasteiger charge is 2.34. The van der Waals surface area contributed by atoms with Crippen molar-refractivity contribution in [2.24, 2.45) is 0 Å². The number of benzene rings is 1. The minimum absolute atomic E-state index is 0.0326. The predicted octanol–water partition coefficient (Wildman–Crippen LogP) is 1.13. The molecule has 2 saturated heterocycles. The molecule has 3 rings (SSSR count). The van der Waals surface area contributed by atoms with Gasteiger partial charge in [0.1, 0.15) is 11.8 Å². The molecule has 0 aromatic heterocycles. The van der Waals surface area contributed by atoms with Gasteiger partial charge in [0.25, 0.3) is 0 Å². The van der Waals surface area contributed by atoms with E-state index in [-0.39, 0.29) is 12.0 Å². The first-order valence-corrected chi connectivity index (χ1v) is 7.08. The Kier molecular flexibility index (Phi) is 3.78. The van der Waals surface area contributed by atoms with Gasteiger partial charge in [-0.2, -0.15) is 0 Å². The molecule has 2 fully saturated rings. The lowest BCUT2D eigenvalue weighted by Gasteiger charge is -2.38. The van der Waals surface area contributed by atoms with Crippen molar-refractivity contribution in [3.63, 3.8) is 0 Å². The fourth-order valence-electron chi connectivity index (χ4n) is 2.98. The number of cyclic esters (lactones) is 1. The van der Waals surface area contributed by atoms with E-state index < -0.39 is 0 Å². The number of piperazine rings is 1. The molecular formula is C15H20N2O3. The zero-order chi connectivity index (χ0) is 13.9. The second-order valence-electron chi connectivity index (χ2n) is 5.17. The van der Waals surface area contributed by atoms with Gasteiger partial charge < -0.3 is 14.4 Å². The second-order valence-corrected chi connectivity index (χ2v) is 5.17. The van der Waals surface area contributed by atoms with Gasteiger partial charge in [-0.15, -0.1) is 0 Å². The number of esters is 1. The maximum atomic E-state index is 11.6. The molecule has 5 nitrogen and oxygen atoms in total. The van der Waals surface area contributed by atoms with E-state index in [9.17, 15) is 4.79 Å². The number of ether oxygens (including phenoxy) is 2. The summed E-state index contributed by atoms with van der Waals surface area (Å²) in [6.07, 6.45) is 0.827. The summed E-state index contributed by atoms with van der Waals surface area (Å²) < 4.78 is 10.5. The van der Waals surface area contributed by atoms with E-state index in [2.05, 4.69) is 15.9 Å². The van der Waals surface area contributed by atoms with Crippen LogP contribution >= 0.6 is 0 Å². The molecule has 0 aliphatic carbocycles. The van der Waals surface area contributed by atoms with Crippen LogP contribution in [0.3, 0.4) is 0 Å². The molecule has 1 aromatic rings. The standard InChI is InChI=1S/C15H20N2O3/c1-19-14-5-3-2-4-12(14)16-7-9-17(10-8-16)13-6-11-20-15(13)18/h2-5,13H,6-11H2,1H3/t13-/m1/s1. The van der Waals surface area contributed by atoms with Crippen molar-refractivity contribution in [1.82, 2.24) is 4.90 Å². The Hall–Kier alpha value is -1.75. The number of methoxy groups -OCH3 is 1. The van der Waals surface area contributed by atoms with Crippen LogP contribution in [0.15, 0.2) is 24.3 Å². The maximum absolute atomic E-state index is 11.6. The van der Waals surface area contributed by atoms with Crippen LogP contribution in [0, 0.1) is 0 Å². The van der Waals surface area contributed by atoms with Crippen LogP contribution in [0.2, 0.25) is 0 Å². The van der Waals surface area contributed by atoms with E-state index in [4.69, 9.17) is 9.47 Å². The van der Waals surface area contributed by atoms with E-state index in [1.54, 1.807) is 7.11 Å². The minimum Gasteiger partial charge on any atom is -0.495 e. The number of anilines is 1. The number of rotatable bonds is 3. The Bertz CT molecular complexity index is 484. The Morgan fingerprint density at radius 1 is 1.20 bits per heavy atom. The van der Waals surface area contributed by atoms with Crippen LogP contribution in [0.1, 0.15) is 6.42 Å². The van der Waals surface area contributed by atoms with Gasteiger partial charge in [-0.05, 0) is 12.1 Å².